The second kappa shape index (κ2) is 9.31. The van der Waals surface area contributed by atoms with Crippen molar-refractivity contribution in [2.75, 3.05) is 37.4 Å². The fraction of sp³-hybridized carbons (Fsp3) is 0.250. The molecule has 1 amide bonds. The van der Waals surface area contributed by atoms with E-state index in [0.29, 0.717) is 16.8 Å². The molecule has 0 aromatic carbocycles. The van der Waals surface area contributed by atoms with Gasteiger partial charge in [0.15, 0.2) is 5.13 Å². The number of carbonyl (C=O) groups is 2. The molecule has 0 fully saturated rings. The van der Waals surface area contributed by atoms with E-state index in [1.165, 1.54) is 23.3 Å². The van der Waals surface area contributed by atoms with Gasteiger partial charge in [-0.1, -0.05) is 17.4 Å². The lowest BCUT2D eigenvalue weighted by molar-refractivity contribution is -0.142. The van der Waals surface area contributed by atoms with Crippen molar-refractivity contribution < 1.29 is 14.7 Å². The van der Waals surface area contributed by atoms with E-state index in [9.17, 15) is 9.59 Å². The number of pyridine rings is 2. The summed E-state index contributed by atoms with van der Waals surface area (Å²) in [7, 11) is 3.20. The Morgan fingerprint density at radius 3 is 2.67 bits per heavy atom. The third-order valence-corrected chi connectivity index (χ3v) is 5.30. The zero-order valence-electron chi connectivity index (χ0n) is 16.9. The number of rotatable bonds is 8. The van der Waals surface area contributed by atoms with Gasteiger partial charge in [-0.25, -0.2) is 15.0 Å². The average molecular weight is 427 g/mol. The molecular formula is C20H22N6O3S. The number of carboxylic acids is 1. The molecule has 0 saturated heterocycles. The summed E-state index contributed by atoms with van der Waals surface area (Å²) < 4.78 is 0. The van der Waals surface area contributed by atoms with Crippen molar-refractivity contribution in [3.8, 4) is 10.6 Å². The molecule has 0 spiro atoms. The van der Waals surface area contributed by atoms with Crippen LogP contribution in [0.5, 0.6) is 0 Å². The summed E-state index contributed by atoms with van der Waals surface area (Å²) in [4.78, 5) is 39.9. The van der Waals surface area contributed by atoms with Crippen LogP contribution in [0.4, 0.5) is 16.8 Å². The van der Waals surface area contributed by atoms with Gasteiger partial charge >= 0.3 is 5.97 Å². The van der Waals surface area contributed by atoms with Crippen LogP contribution in [0.1, 0.15) is 5.56 Å². The number of carbonyl (C=O) groups excluding carboxylic acids is 1. The molecule has 2 N–H and O–H groups in total. The van der Waals surface area contributed by atoms with Crippen LogP contribution >= 0.6 is 11.3 Å². The average Bonchev–Trinajstić information content (AvgIpc) is 3.18. The number of nitrogens with zero attached hydrogens (tertiary/aromatic N) is 5. The highest BCUT2D eigenvalue weighted by atomic mass is 32.1. The standard InChI is InChI=1S/C20H22N6O3S/c1-13-7-8-21-17(9-13)24-16-6-4-5-14(23-16)15-10-22-20(30-15)26(3)11-18(27)25(2)12-19(28)29/h4-10H,11-12H2,1-3H3,(H,28,29)(H,21,23,24). The maximum absolute atomic E-state index is 12.2. The predicted octanol–water partition coefficient (Wildman–Crippen LogP) is 2.63. The normalized spacial score (nSPS) is 10.5. The molecule has 0 aliphatic carbocycles. The largest absolute Gasteiger partial charge is 0.480 e. The van der Waals surface area contributed by atoms with Crippen molar-refractivity contribution in [1.82, 2.24) is 19.9 Å². The molecule has 0 unspecified atom stereocenters. The summed E-state index contributed by atoms with van der Waals surface area (Å²) in [6.45, 7) is 1.69. The summed E-state index contributed by atoms with van der Waals surface area (Å²) in [5, 5.41) is 12.6. The fourth-order valence-corrected chi connectivity index (χ4v) is 3.47. The number of amides is 1. The first kappa shape index (κ1) is 21.2. The van der Waals surface area contributed by atoms with E-state index >= 15 is 0 Å². The van der Waals surface area contributed by atoms with Crippen molar-refractivity contribution >= 4 is 40.0 Å². The number of aliphatic carboxylic acids is 1. The van der Waals surface area contributed by atoms with Crippen LogP contribution in [0.2, 0.25) is 0 Å². The quantitative estimate of drug-likeness (QED) is 0.565. The number of hydrogen-bond acceptors (Lipinski definition) is 8. The molecule has 0 aliphatic heterocycles. The van der Waals surface area contributed by atoms with E-state index < -0.39 is 5.97 Å². The number of aromatic nitrogens is 3. The van der Waals surface area contributed by atoms with E-state index in [1.807, 2.05) is 37.3 Å². The Balaban J connectivity index is 1.69. The molecule has 10 heteroatoms. The van der Waals surface area contributed by atoms with E-state index in [-0.39, 0.29) is 19.0 Å². The van der Waals surface area contributed by atoms with Crippen molar-refractivity contribution in [1.29, 1.82) is 0 Å². The highest BCUT2D eigenvalue weighted by Gasteiger charge is 2.17. The number of carboxylic acid groups (broad SMARTS) is 1. The fourth-order valence-electron chi connectivity index (χ4n) is 2.62. The lowest BCUT2D eigenvalue weighted by Gasteiger charge is -2.20. The molecule has 156 valence electrons. The Labute approximate surface area is 178 Å². The van der Waals surface area contributed by atoms with E-state index in [1.54, 1.807) is 24.3 Å². The molecular weight excluding hydrogens is 404 g/mol. The Bertz CT molecular complexity index is 1050. The van der Waals surface area contributed by atoms with Crippen molar-refractivity contribution in [2.24, 2.45) is 0 Å². The number of thiazole rings is 1. The summed E-state index contributed by atoms with van der Waals surface area (Å²) in [5.41, 5.74) is 1.85. The monoisotopic (exact) mass is 426 g/mol. The van der Waals surface area contributed by atoms with Crippen LogP contribution < -0.4 is 10.2 Å². The SMILES string of the molecule is Cc1ccnc(Nc2cccc(-c3cnc(N(C)CC(=O)N(C)CC(=O)O)s3)n2)c1. The molecule has 3 rings (SSSR count). The number of likely N-dealkylation sites (N-methyl/N-ethyl adjacent to an activating group) is 2. The summed E-state index contributed by atoms with van der Waals surface area (Å²) in [6.07, 6.45) is 3.45. The summed E-state index contributed by atoms with van der Waals surface area (Å²) in [5.74, 6) is 0.0323. The summed E-state index contributed by atoms with van der Waals surface area (Å²) >= 11 is 1.40. The Morgan fingerprint density at radius 1 is 1.13 bits per heavy atom. The van der Waals surface area contributed by atoms with Crippen LogP contribution in [-0.4, -0.2) is 64.0 Å². The maximum atomic E-state index is 12.2. The van der Waals surface area contributed by atoms with Gasteiger partial charge in [0.2, 0.25) is 5.91 Å². The molecule has 0 radical (unpaired) electrons. The molecule has 0 atom stereocenters. The molecule has 0 bridgehead atoms. The zero-order chi connectivity index (χ0) is 21.7. The minimum absolute atomic E-state index is 0.0325. The Morgan fingerprint density at radius 2 is 1.93 bits per heavy atom. The topological polar surface area (TPSA) is 112 Å². The van der Waals surface area contributed by atoms with Crippen LogP contribution in [-0.2, 0) is 9.59 Å². The van der Waals surface area contributed by atoms with Gasteiger partial charge in [-0.15, -0.1) is 0 Å². The van der Waals surface area contributed by atoms with Gasteiger partial charge in [0, 0.05) is 26.5 Å². The molecule has 9 nitrogen and oxygen atoms in total. The van der Waals surface area contributed by atoms with Crippen molar-refractivity contribution in [2.45, 2.75) is 6.92 Å². The molecule has 0 saturated carbocycles. The highest BCUT2D eigenvalue weighted by Crippen LogP contribution is 2.30. The minimum Gasteiger partial charge on any atom is -0.480 e. The van der Waals surface area contributed by atoms with Gasteiger partial charge in [0.25, 0.3) is 0 Å². The molecule has 3 aromatic rings. The van der Waals surface area contributed by atoms with E-state index in [2.05, 4.69) is 20.3 Å². The van der Waals surface area contributed by atoms with Crippen LogP contribution in [0.25, 0.3) is 10.6 Å². The van der Waals surface area contributed by atoms with Crippen LogP contribution in [0.3, 0.4) is 0 Å². The molecule has 0 aliphatic rings. The van der Waals surface area contributed by atoms with E-state index in [4.69, 9.17) is 5.11 Å². The predicted molar refractivity (Wildman–Crippen MR) is 116 cm³/mol. The van der Waals surface area contributed by atoms with Gasteiger partial charge in [-0.3, -0.25) is 9.59 Å². The van der Waals surface area contributed by atoms with Crippen molar-refractivity contribution in [3.05, 3.63) is 48.3 Å². The molecule has 3 heterocycles. The third kappa shape index (κ3) is 5.51. The second-order valence-corrected chi connectivity index (χ2v) is 7.77. The summed E-state index contributed by atoms with van der Waals surface area (Å²) in [6, 6.07) is 9.51. The number of aryl methyl sites for hydroxylation is 1. The Kier molecular flexibility index (Phi) is 6.58. The van der Waals surface area contributed by atoms with Gasteiger partial charge in [0.05, 0.1) is 17.1 Å². The van der Waals surface area contributed by atoms with Crippen LogP contribution in [0, 0.1) is 6.92 Å². The van der Waals surface area contributed by atoms with Gasteiger partial charge in [-0.05, 0) is 36.8 Å². The van der Waals surface area contributed by atoms with Gasteiger partial charge in [-0.2, -0.15) is 0 Å². The lowest BCUT2D eigenvalue weighted by atomic mass is 10.3. The van der Waals surface area contributed by atoms with E-state index in [0.717, 1.165) is 16.1 Å². The first-order valence-electron chi connectivity index (χ1n) is 9.11. The Hall–Kier alpha value is -3.53. The second-order valence-electron chi connectivity index (χ2n) is 6.76. The van der Waals surface area contributed by atoms with Crippen molar-refractivity contribution in [3.63, 3.8) is 0 Å². The minimum atomic E-state index is -1.05. The zero-order valence-corrected chi connectivity index (χ0v) is 17.7. The van der Waals surface area contributed by atoms with Crippen LogP contribution in [0.15, 0.2) is 42.7 Å². The first-order chi connectivity index (χ1) is 14.3. The maximum Gasteiger partial charge on any atom is 0.323 e. The van der Waals surface area contributed by atoms with Gasteiger partial charge < -0.3 is 20.2 Å². The van der Waals surface area contributed by atoms with Gasteiger partial charge in [0.1, 0.15) is 18.2 Å². The highest BCUT2D eigenvalue weighted by molar-refractivity contribution is 7.18. The number of anilines is 3. The number of hydrogen-bond donors (Lipinski definition) is 2. The lowest BCUT2D eigenvalue weighted by Crippen LogP contribution is -2.39. The molecule has 30 heavy (non-hydrogen) atoms. The molecule has 3 aromatic heterocycles. The third-order valence-electron chi connectivity index (χ3n) is 4.16. The first-order valence-corrected chi connectivity index (χ1v) is 9.93. The number of nitrogens with one attached hydrogen (secondary N) is 1. The smallest absolute Gasteiger partial charge is 0.323 e.